The number of anilines is 1. The van der Waals surface area contributed by atoms with Gasteiger partial charge in [0.1, 0.15) is 6.67 Å². The minimum Gasteiger partial charge on any atom is -0.481 e. The summed E-state index contributed by atoms with van der Waals surface area (Å²) >= 11 is 0. The Kier molecular flexibility index (Phi) is 4.35. The van der Waals surface area contributed by atoms with E-state index in [9.17, 15) is 19.5 Å². The molecule has 2 N–H and O–H groups in total. The first-order valence-corrected chi connectivity index (χ1v) is 6.48. The van der Waals surface area contributed by atoms with Crippen molar-refractivity contribution in [1.29, 1.82) is 0 Å². The number of urea groups is 1. The van der Waals surface area contributed by atoms with E-state index in [2.05, 4.69) is 10.3 Å². The number of para-hydroxylation sites is 1. The smallest absolute Gasteiger partial charge is 0.323 e. The molecule has 2 unspecified atom stereocenters. The summed E-state index contributed by atoms with van der Waals surface area (Å²) < 4.78 is 0. The van der Waals surface area contributed by atoms with E-state index in [1.54, 1.807) is 31.2 Å². The average molecular weight is 289 g/mol. The van der Waals surface area contributed by atoms with Crippen LogP contribution in [0.1, 0.15) is 24.8 Å². The highest BCUT2D eigenvalue weighted by Gasteiger charge is 2.36. The van der Waals surface area contributed by atoms with Crippen LogP contribution in [-0.2, 0) is 9.59 Å². The molecule has 110 valence electrons. The number of carboxylic acids is 1. The van der Waals surface area contributed by atoms with Gasteiger partial charge in [-0.2, -0.15) is 4.99 Å². The molecule has 7 nitrogen and oxygen atoms in total. The van der Waals surface area contributed by atoms with E-state index < -0.39 is 17.9 Å². The van der Waals surface area contributed by atoms with Crippen molar-refractivity contribution in [3.05, 3.63) is 29.8 Å². The molecule has 0 saturated heterocycles. The van der Waals surface area contributed by atoms with Crippen LogP contribution in [0, 0.1) is 0 Å². The Hall–Kier alpha value is -2.66. The van der Waals surface area contributed by atoms with E-state index in [-0.39, 0.29) is 12.7 Å². The fourth-order valence-electron chi connectivity index (χ4n) is 2.58. The van der Waals surface area contributed by atoms with Gasteiger partial charge in [-0.05, 0) is 25.0 Å². The Bertz CT molecular complexity index is 610. The summed E-state index contributed by atoms with van der Waals surface area (Å²) in [7, 11) is 0. The van der Waals surface area contributed by atoms with Crippen LogP contribution in [0.4, 0.5) is 10.5 Å². The molecule has 21 heavy (non-hydrogen) atoms. The molecule has 0 fully saturated rings. The van der Waals surface area contributed by atoms with Gasteiger partial charge in [0.05, 0.1) is 5.92 Å². The van der Waals surface area contributed by atoms with Crippen molar-refractivity contribution in [2.45, 2.75) is 25.3 Å². The van der Waals surface area contributed by atoms with Gasteiger partial charge < -0.3 is 10.4 Å². The molecule has 1 aliphatic heterocycles. The molecule has 0 aliphatic carbocycles. The third kappa shape index (κ3) is 2.93. The number of fused-ring (bicyclic) bond motifs is 1. The molecule has 7 heteroatoms. The summed E-state index contributed by atoms with van der Waals surface area (Å²) in [5.41, 5.74) is 1.17. The first-order chi connectivity index (χ1) is 10.1. The molecular weight excluding hydrogens is 274 g/mol. The summed E-state index contributed by atoms with van der Waals surface area (Å²) in [6.45, 7) is 1.63. The molecule has 1 aromatic carbocycles. The van der Waals surface area contributed by atoms with Crippen molar-refractivity contribution in [3.63, 3.8) is 0 Å². The molecule has 1 aromatic rings. The minimum atomic E-state index is -0.903. The van der Waals surface area contributed by atoms with Crippen molar-refractivity contribution >= 4 is 23.8 Å². The number of aliphatic carboxylic acids is 1. The van der Waals surface area contributed by atoms with Crippen LogP contribution in [0.15, 0.2) is 29.3 Å². The molecule has 0 radical (unpaired) electrons. The second-order valence-electron chi connectivity index (χ2n) is 4.79. The number of aliphatic imine (C=N–C) groups is 1. The number of carboxylic acid groups (broad SMARTS) is 1. The number of benzene rings is 1. The third-order valence-electron chi connectivity index (χ3n) is 3.48. The van der Waals surface area contributed by atoms with Crippen molar-refractivity contribution in [1.82, 2.24) is 5.32 Å². The molecule has 2 atom stereocenters. The fourth-order valence-corrected chi connectivity index (χ4v) is 2.58. The number of carbonyl (C=O) groups excluding carboxylic acids is 2. The van der Waals surface area contributed by atoms with E-state index in [0.717, 1.165) is 0 Å². The summed E-state index contributed by atoms with van der Waals surface area (Å²) in [4.78, 5) is 38.4. The maximum atomic E-state index is 12.2. The number of nitrogens with one attached hydrogen (secondary N) is 1. The quantitative estimate of drug-likeness (QED) is 0.650. The number of isocyanates is 1. The average Bonchev–Trinajstić information content (AvgIpc) is 2.46. The largest absolute Gasteiger partial charge is 0.481 e. The molecule has 0 aromatic heterocycles. The Morgan fingerprint density at radius 2 is 2.19 bits per heavy atom. The first-order valence-electron chi connectivity index (χ1n) is 6.48. The second kappa shape index (κ2) is 6.19. The lowest BCUT2D eigenvalue weighted by atomic mass is 9.86. The Balaban J connectivity index is 2.34. The number of rotatable bonds is 3. The zero-order chi connectivity index (χ0) is 15.4. The summed E-state index contributed by atoms with van der Waals surface area (Å²) in [5.74, 6) is -1.53. The van der Waals surface area contributed by atoms with Gasteiger partial charge in [-0.1, -0.05) is 18.2 Å². The fraction of sp³-hybridized carbons (Fsp3) is 0.357. The van der Waals surface area contributed by atoms with Crippen LogP contribution in [0.2, 0.25) is 0 Å². The zero-order valence-electron chi connectivity index (χ0n) is 11.4. The van der Waals surface area contributed by atoms with Crippen LogP contribution < -0.4 is 10.2 Å². The summed E-state index contributed by atoms with van der Waals surface area (Å²) in [5, 5.41) is 11.8. The molecule has 0 saturated carbocycles. The topological polar surface area (TPSA) is 99.1 Å². The Morgan fingerprint density at radius 1 is 1.48 bits per heavy atom. The van der Waals surface area contributed by atoms with E-state index in [1.807, 2.05) is 0 Å². The van der Waals surface area contributed by atoms with E-state index >= 15 is 0 Å². The van der Waals surface area contributed by atoms with Gasteiger partial charge in [-0.3, -0.25) is 9.69 Å². The van der Waals surface area contributed by atoms with Gasteiger partial charge in [0.2, 0.25) is 6.08 Å². The highest BCUT2D eigenvalue weighted by atomic mass is 16.4. The summed E-state index contributed by atoms with van der Waals surface area (Å²) in [6, 6.07) is 6.23. The van der Waals surface area contributed by atoms with E-state index in [4.69, 9.17) is 0 Å². The number of amides is 2. The van der Waals surface area contributed by atoms with Crippen molar-refractivity contribution in [2.75, 3.05) is 11.6 Å². The Morgan fingerprint density at radius 3 is 2.86 bits per heavy atom. The lowest BCUT2D eigenvalue weighted by molar-refractivity contribution is -0.139. The second-order valence-corrected chi connectivity index (χ2v) is 4.79. The highest BCUT2D eigenvalue weighted by molar-refractivity contribution is 5.96. The predicted molar refractivity (Wildman–Crippen MR) is 74.9 cm³/mol. The van der Waals surface area contributed by atoms with Crippen molar-refractivity contribution in [2.24, 2.45) is 4.99 Å². The van der Waals surface area contributed by atoms with Crippen molar-refractivity contribution in [3.8, 4) is 0 Å². The summed E-state index contributed by atoms with van der Waals surface area (Å²) in [6.07, 6.45) is 1.67. The maximum absolute atomic E-state index is 12.2. The van der Waals surface area contributed by atoms with E-state index in [0.29, 0.717) is 17.7 Å². The number of nitrogens with zero attached hydrogens (tertiary/aromatic N) is 2. The first kappa shape index (κ1) is 14.7. The lowest BCUT2D eigenvalue weighted by Gasteiger charge is -2.37. The molecule has 1 aliphatic rings. The van der Waals surface area contributed by atoms with Gasteiger partial charge in [0.15, 0.2) is 0 Å². The third-order valence-corrected chi connectivity index (χ3v) is 3.48. The normalized spacial score (nSPS) is 20.1. The molecular formula is C14H15N3O4. The van der Waals surface area contributed by atoms with Crippen LogP contribution in [0.25, 0.3) is 0 Å². The van der Waals surface area contributed by atoms with Crippen LogP contribution >= 0.6 is 0 Å². The molecule has 2 amide bonds. The van der Waals surface area contributed by atoms with Gasteiger partial charge >= 0.3 is 12.0 Å². The van der Waals surface area contributed by atoms with Gasteiger partial charge in [0, 0.05) is 11.7 Å². The van der Waals surface area contributed by atoms with Crippen LogP contribution in [0.3, 0.4) is 0 Å². The molecule has 0 spiro atoms. The standard InChI is InChI=1S/C14H15N3O4/c1-9-6-11(13(19)20)10-4-2-3-5-12(10)17(9)14(21)16-7-15-8-18/h2-5,9,11H,6-7H2,1H3,(H,16,21)(H,19,20). The van der Waals surface area contributed by atoms with E-state index in [1.165, 1.54) is 11.0 Å². The number of carbonyl (C=O) groups is 2. The maximum Gasteiger partial charge on any atom is 0.323 e. The SMILES string of the molecule is CC1CC(C(=O)O)c2ccccc2N1C(=O)NCN=C=O. The van der Waals surface area contributed by atoms with Crippen molar-refractivity contribution < 1.29 is 19.5 Å². The van der Waals surface area contributed by atoms with Crippen LogP contribution in [-0.4, -0.2) is 35.9 Å². The predicted octanol–water partition coefficient (Wildman–Crippen LogP) is 1.46. The monoisotopic (exact) mass is 289 g/mol. The van der Waals surface area contributed by atoms with Gasteiger partial charge in [0.25, 0.3) is 0 Å². The molecule has 2 rings (SSSR count). The zero-order valence-corrected chi connectivity index (χ0v) is 11.4. The molecule has 1 heterocycles. The Labute approximate surface area is 121 Å². The van der Waals surface area contributed by atoms with Gasteiger partial charge in [-0.15, -0.1) is 0 Å². The van der Waals surface area contributed by atoms with Gasteiger partial charge in [-0.25, -0.2) is 9.59 Å². The highest BCUT2D eigenvalue weighted by Crippen LogP contribution is 2.38. The minimum absolute atomic E-state index is 0.157. The number of hydrogen-bond donors (Lipinski definition) is 2. The van der Waals surface area contributed by atoms with Crippen LogP contribution in [0.5, 0.6) is 0 Å². The lowest BCUT2D eigenvalue weighted by Crippen LogP contribution is -2.49. The molecule has 0 bridgehead atoms. The number of hydrogen-bond acceptors (Lipinski definition) is 4.